The molecule has 0 bridgehead atoms. The molecule has 1 N–H and O–H groups in total. The second-order valence-electron chi connectivity index (χ2n) is 5.05. The smallest absolute Gasteiger partial charge is 0.153 e. The molecule has 0 amide bonds. The van der Waals surface area contributed by atoms with Crippen LogP contribution in [0.5, 0.6) is 0 Å². The highest BCUT2D eigenvalue weighted by Gasteiger charge is 2.36. The van der Waals surface area contributed by atoms with Gasteiger partial charge in [-0.15, -0.1) is 0 Å². The summed E-state index contributed by atoms with van der Waals surface area (Å²) in [5.74, 6) is 0.407. The van der Waals surface area contributed by atoms with E-state index in [9.17, 15) is 8.42 Å². The topological polar surface area (TPSA) is 46.2 Å². The van der Waals surface area contributed by atoms with Crippen LogP contribution in [0.25, 0.3) is 0 Å². The largest absolute Gasteiger partial charge is 0.303 e. The van der Waals surface area contributed by atoms with Crippen molar-refractivity contribution in [3.05, 3.63) is 35.9 Å². The Kier molecular flexibility index (Phi) is 2.80. The molecule has 3 nitrogen and oxygen atoms in total. The van der Waals surface area contributed by atoms with Crippen molar-refractivity contribution in [2.75, 3.05) is 11.5 Å². The Hall–Kier alpha value is -0.870. The van der Waals surface area contributed by atoms with Gasteiger partial charge in [-0.3, -0.25) is 0 Å². The van der Waals surface area contributed by atoms with E-state index < -0.39 is 9.84 Å². The zero-order valence-electron chi connectivity index (χ0n) is 9.60. The lowest BCUT2D eigenvalue weighted by Gasteiger charge is -2.37. The Morgan fingerprint density at radius 1 is 1.25 bits per heavy atom. The van der Waals surface area contributed by atoms with E-state index in [2.05, 4.69) is 5.32 Å². The van der Waals surface area contributed by atoms with Gasteiger partial charge in [0.25, 0.3) is 0 Å². The maximum Gasteiger partial charge on any atom is 0.153 e. The molecular formula is C12H17NO2S. The maximum atomic E-state index is 11.8. The summed E-state index contributed by atoms with van der Waals surface area (Å²) < 4.78 is 23.6. The molecule has 0 radical (unpaired) electrons. The molecule has 0 aromatic heterocycles. The molecule has 1 heterocycles. The van der Waals surface area contributed by atoms with Crippen molar-refractivity contribution in [3.8, 4) is 0 Å². The van der Waals surface area contributed by atoms with Crippen molar-refractivity contribution in [3.63, 3.8) is 0 Å². The molecule has 1 aromatic rings. The highest BCUT2D eigenvalue weighted by Crippen LogP contribution is 2.25. The summed E-state index contributed by atoms with van der Waals surface area (Å²) in [6, 6.07) is 9.65. The molecule has 16 heavy (non-hydrogen) atoms. The molecule has 88 valence electrons. The van der Waals surface area contributed by atoms with Gasteiger partial charge in [0.1, 0.15) is 0 Å². The molecule has 1 aromatic carbocycles. The molecule has 0 aliphatic carbocycles. The monoisotopic (exact) mass is 239 g/mol. The van der Waals surface area contributed by atoms with Crippen molar-refractivity contribution in [2.24, 2.45) is 0 Å². The van der Waals surface area contributed by atoms with Gasteiger partial charge in [-0.05, 0) is 19.4 Å². The van der Waals surface area contributed by atoms with Crippen LogP contribution in [-0.2, 0) is 9.84 Å². The fourth-order valence-electron chi connectivity index (χ4n) is 2.28. The Balaban J connectivity index is 2.30. The average Bonchev–Trinajstić information content (AvgIpc) is 2.14. The van der Waals surface area contributed by atoms with E-state index in [0.29, 0.717) is 0 Å². The highest BCUT2D eigenvalue weighted by atomic mass is 32.2. The van der Waals surface area contributed by atoms with Gasteiger partial charge in [-0.25, -0.2) is 8.42 Å². The van der Waals surface area contributed by atoms with Crippen molar-refractivity contribution >= 4 is 9.84 Å². The third-order valence-corrected chi connectivity index (χ3v) is 4.77. The molecule has 1 aliphatic heterocycles. The van der Waals surface area contributed by atoms with Gasteiger partial charge in [-0.2, -0.15) is 0 Å². The van der Waals surface area contributed by atoms with Crippen LogP contribution < -0.4 is 5.32 Å². The first-order valence-corrected chi connectivity index (χ1v) is 7.23. The van der Waals surface area contributed by atoms with Crippen LogP contribution in [0.1, 0.15) is 25.5 Å². The van der Waals surface area contributed by atoms with Crippen molar-refractivity contribution in [1.29, 1.82) is 0 Å². The molecule has 0 saturated carbocycles. The summed E-state index contributed by atoms with van der Waals surface area (Å²) in [6.45, 7) is 3.86. The van der Waals surface area contributed by atoms with Crippen LogP contribution in [-0.4, -0.2) is 25.5 Å². The Morgan fingerprint density at radius 3 is 2.44 bits per heavy atom. The predicted molar refractivity (Wildman–Crippen MR) is 65.1 cm³/mol. The van der Waals surface area contributed by atoms with Gasteiger partial charge in [-0.1, -0.05) is 30.3 Å². The van der Waals surface area contributed by atoms with E-state index in [0.717, 1.165) is 5.56 Å². The SMILES string of the molecule is CC1(C)CS(=O)(=O)CC(c2ccccc2)N1. The first kappa shape index (κ1) is 11.6. The standard InChI is InChI=1S/C12H17NO2S/c1-12(2)9-16(14,15)8-11(13-12)10-6-4-3-5-7-10/h3-7,11,13H,8-9H2,1-2H3. The molecule has 1 atom stereocenters. The Morgan fingerprint density at radius 2 is 1.88 bits per heavy atom. The van der Waals surface area contributed by atoms with Crippen molar-refractivity contribution in [2.45, 2.75) is 25.4 Å². The van der Waals surface area contributed by atoms with Crippen LogP contribution >= 0.6 is 0 Å². The molecule has 1 fully saturated rings. The number of nitrogens with one attached hydrogen (secondary N) is 1. The van der Waals surface area contributed by atoms with E-state index in [4.69, 9.17) is 0 Å². The summed E-state index contributed by atoms with van der Waals surface area (Å²) in [4.78, 5) is 0. The second kappa shape index (κ2) is 3.86. The second-order valence-corrected chi connectivity index (χ2v) is 7.16. The zero-order valence-corrected chi connectivity index (χ0v) is 10.4. The summed E-state index contributed by atoms with van der Waals surface area (Å²) >= 11 is 0. The van der Waals surface area contributed by atoms with Gasteiger partial charge < -0.3 is 5.32 Å². The first-order valence-electron chi connectivity index (χ1n) is 5.41. The number of hydrogen-bond donors (Lipinski definition) is 1. The van der Waals surface area contributed by atoms with Gasteiger partial charge >= 0.3 is 0 Å². The molecule has 4 heteroatoms. The number of hydrogen-bond acceptors (Lipinski definition) is 3. The van der Waals surface area contributed by atoms with Crippen LogP contribution in [0.15, 0.2) is 30.3 Å². The lowest BCUT2D eigenvalue weighted by molar-refractivity contribution is 0.360. The lowest BCUT2D eigenvalue weighted by atomic mass is 10.0. The third-order valence-electron chi connectivity index (χ3n) is 2.77. The third kappa shape index (κ3) is 2.62. The fraction of sp³-hybridized carbons (Fsp3) is 0.500. The molecule has 2 rings (SSSR count). The Bertz CT molecular complexity index is 465. The fourth-order valence-corrected chi connectivity index (χ4v) is 4.37. The Labute approximate surface area is 96.8 Å². The number of sulfone groups is 1. The minimum atomic E-state index is -2.95. The van der Waals surface area contributed by atoms with Crippen LogP contribution in [0.4, 0.5) is 0 Å². The summed E-state index contributed by atoms with van der Waals surface area (Å²) in [5.41, 5.74) is 0.691. The molecule has 1 unspecified atom stereocenters. The quantitative estimate of drug-likeness (QED) is 0.808. The van der Waals surface area contributed by atoms with Crippen LogP contribution in [0.2, 0.25) is 0 Å². The molecular weight excluding hydrogens is 222 g/mol. The minimum absolute atomic E-state index is 0.0880. The normalized spacial score (nSPS) is 27.5. The summed E-state index contributed by atoms with van der Waals surface area (Å²) in [5, 5.41) is 3.39. The zero-order chi connectivity index (χ0) is 11.8. The summed E-state index contributed by atoms with van der Waals surface area (Å²) in [6.07, 6.45) is 0. The average molecular weight is 239 g/mol. The van der Waals surface area contributed by atoms with Crippen molar-refractivity contribution in [1.82, 2.24) is 5.32 Å². The van der Waals surface area contributed by atoms with Gasteiger partial charge in [0.05, 0.1) is 11.5 Å². The number of rotatable bonds is 1. The summed E-state index contributed by atoms with van der Waals surface area (Å²) in [7, 11) is -2.95. The maximum absolute atomic E-state index is 11.8. The molecule has 1 aliphatic rings. The predicted octanol–water partition coefficient (Wildman–Crippen LogP) is 1.52. The molecule has 1 saturated heterocycles. The van der Waals surface area contributed by atoms with E-state index in [-0.39, 0.29) is 23.1 Å². The van der Waals surface area contributed by atoms with E-state index in [1.54, 1.807) is 0 Å². The minimum Gasteiger partial charge on any atom is -0.303 e. The van der Waals surface area contributed by atoms with E-state index in [1.165, 1.54) is 0 Å². The van der Waals surface area contributed by atoms with E-state index in [1.807, 2.05) is 44.2 Å². The van der Waals surface area contributed by atoms with Crippen LogP contribution in [0, 0.1) is 0 Å². The molecule has 0 spiro atoms. The number of benzene rings is 1. The van der Waals surface area contributed by atoms with Crippen molar-refractivity contribution < 1.29 is 8.42 Å². The van der Waals surface area contributed by atoms with Gasteiger partial charge in [0.2, 0.25) is 0 Å². The van der Waals surface area contributed by atoms with Crippen LogP contribution in [0.3, 0.4) is 0 Å². The van der Waals surface area contributed by atoms with Gasteiger partial charge in [0, 0.05) is 11.6 Å². The van der Waals surface area contributed by atoms with E-state index >= 15 is 0 Å². The lowest BCUT2D eigenvalue weighted by Crippen LogP contribution is -2.54. The first-order chi connectivity index (χ1) is 7.38. The highest BCUT2D eigenvalue weighted by molar-refractivity contribution is 7.91. The van der Waals surface area contributed by atoms with Gasteiger partial charge in [0.15, 0.2) is 9.84 Å².